The van der Waals surface area contributed by atoms with E-state index in [1.54, 1.807) is 0 Å². The van der Waals surface area contributed by atoms with E-state index in [1.807, 2.05) is 32.8 Å². The number of nitrogens with two attached hydrogens (primary N) is 1. The molecule has 0 amide bonds. The van der Waals surface area contributed by atoms with Crippen molar-refractivity contribution >= 4 is 22.8 Å². The zero-order valence-corrected chi connectivity index (χ0v) is 11.3. The number of carboxylic acid groups (broad SMARTS) is 1. The average molecular weight is 258 g/mol. The molecule has 0 aromatic carbocycles. The van der Waals surface area contributed by atoms with Crippen molar-refractivity contribution in [3.8, 4) is 11.8 Å². The van der Waals surface area contributed by atoms with Crippen molar-refractivity contribution < 1.29 is 14.7 Å². The van der Waals surface area contributed by atoms with Crippen LogP contribution >= 0.6 is 11.8 Å². The molecule has 0 radical (unpaired) electrons. The van der Waals surface area contributed by atoms with E-state index in [0.717, 1.165) is 11.8 Å². The first-order chi connectivity index (χ1) is 7.66. The van der Waals surface area contributed by atoms with E-state index in [2.05, 4.69) is 11.8 Å². The molecule has 0 saturated carbocycles. The molecule has 0 saturated heterocycles. The van der Waals surface area contributed by atoms with Crippen molar-refractivity contribution in [2.24, 2.45) is 5.73 Å². The molecule has 0 aromatic rings. The van der Waals surface area contributed by atoms with Crippen LogP contribution in [0.4, 0.5) is 0 Å². The summed E-state index contributed by atoms with van der Waals surface area (Å²) in [5.41, 5.74) is 4.87. The van der Waals surface area contributed by atoms with Crippen LogP contribution in [0.15, 0.2) is 0 Å². The first kappa shape index (κ1) is 16.0. The summed E-state index contributed by atoms with van der Waals surface area (Å²) in [5.74, 6) is 4.23. The molecular formula is C11H18N2O3S. The minimum atomic E-state index is -1.12. The standard InChI is InChI=1S/C11H18N2O3S/c1-11(2,13(3)4)6-5-9(14)17-7-8(12)10(15)16/h8H,7,12H2,1-4H3,(H,15,16). The van der Waals surface area contributed by atoms with Gasteiger partial charge >= 0.3 is 5.97 Å². The number of hydrogen-bond donors (Lipinski definition) is 2. The molecule has 0 fully saturated rings. The molecule has 6 heteroatoms. The Morgan fingerprint density at radius 3 is 2.41 bits per heavy atom. The Morgan fingerprint density at radius 2 is 2.00 bits per heavy atom. The fourth-order valence-corrected chi connectivity index (χ4v) is 1.19. The highest BCUT2D eigenvalue weighted by Gasteiger charge is 2.17. The maximum Gasteiger partial charge on any atom is 0.321 e. The molecule has 96 valence electrons. The van der Waals surface area contributed by atoms with Gasteiger partial charge < -0.3 is 10.8 Å². The first-order valence-corrected chi connectivity index (χ1v) is 6.01. The number of thioether (sulfide) groups is 1. The Bertz CT molecular complexity index is 355. The van der Waals surface area contributed by atoms with Gasteiger partial charge in [0.2, 0.25) is 0 Å². The molecule has 0 aliphatic rings. The molecule has 0 aliphatic heterocycles. The van der Waals surface area contributed by atoms with Crippen molar-refractivity contribution in [2.75, 3.05) is 19.8 Å². The number of aliphatic carboxylic acids is 1. The molecule has 0 aromatic heterocycles. The summed E-state index contributed by atoms with van der Waals surface area (Å²) < 4.78 is 0. The Hall–Kier alpha value is -1.03. The predicted octanol–water partition coefficient (Wildman–Crippen LogP) is 0.00170. The summed E-state index contributed by atoms with van der Waals surface area (Å²) in [6.07, 6.45) is 0. The quantitative estimate of drug-likeness (QED) is 0.691. The topological polar surface area (TPSA) is 83.6 Å². The van der Waals surface area contributed by atoms with Crippen LogP contribution in [0.3, 0.4) is 0 Å². The second-order valence-corrected chi connectivity index (χ2v) is 5.24. The average Bonchev–Trinajstić information content (AvgIpc) is 2.22. The van der Waals surface area contributed by atoms with Gasteiger partial charge in [-0.25, -0.2) is 0 Å². The van der Waals surface area contributed by atoms with Gasteiger partial charge in [0, 0.05) is 5.75 Å². The summed E-state index contributed by atoms with van der Waals surface area (Å²) in [6.45, 7) is 3.78. The largest absolute Gasteiger partial charge is 0.480 e. The highest BCUT2D eigenvalue weighted by atomic mass is 32.2. The third-order valence-electron chi connectivity index (χ3n) is 2.30. The summed E-state index contributed by atoms with van der Waals surface area (Å²) in [6, 6.07) is -1.03. The molecule has 3 N–H and O–H groups in total. The molecular weight excluding hydrogens is 240 g/mol. The van der Waals surface area contributed by atoms with Crippen LogP contribution in [-0.4, -0.2) is 52.5 Å². The number of carbonyl (C=O) groups excluding carboxylic acids is 1. The monoisotopic (exact) mass is 258 g/mol. The lowest BCUT2D eigenvalue weighted by Crippen LogP contribution is -2.36. The molecule has 0 heterocycles. The molecule has 1 atom stereocenters. The van der Waals surface area contributed by atoms with Crippen molar-refractivity contribution in [1.29, 1.82) is 0 Å². The summed E-state index contributed by atoms with van der Waals surface area (Å²) in [5, 5.41) is 8.17. The molecule has 0 bridgehead atoms. The summed E-state index contributed by atoms with van der Waals surface area (Å²) >= 11 is 0.828. The van der Waals surface area contributed by atoms with Crippen LogP contribution in [0.5, 0.6) is 0 Å². The molecule has 0 aliphatic carbocycles. The highest BCUT2D eigenvalue weighted by Crippen LogP contribution is 2.08. The van der Waals surface area contributed by atoms with E-state index in [0.29, 0.717) is 0 Å². The van der Waals surface area contributed by atoms with Gasteiger partial charge in [0.1, 0.15) is 6.04 Å². The van der Waals surface area contributed by atoms with Gasteiger partial charge in [-0.1, -0.05) is 17.7 Å². The van der Waals surface area contributed by atoms with Gasteiger partial charge in [-0.15, -0.1) is 0 Å². The van der Waals surface area contributed by atoms with E-state index >= 15 is 0 Å². The number of carbonyl (C=O) groups is 2. The van der Waals surface area contributed by atoms with E-state index in [9.17, 15) is 9.59 Å². The van der Waals surface area contributed by atoms with Crippen LogP contribution in [-0.2, 0) is 9.59 Å². The van der Waals surface area contributed by atoms with Gasteiger partial charge in [-0.2, -0.15) is 0 Å². The first-order valence-electron chi connectivity index (χ1n) is 5.02. The van der Waals surface area contributed by atoms with E-state index in [1.165, 1.54) is 0 Å². The van der Waals surface area contributed by atoms with Crippen LogP contribution < -0.4 is 5.73 Å². The van der Waals surface area contributed by atoms with Gasteiger partial charge in [-0.3, -0.25) is 14.5 Å². The van der Waals surface area contributed by atoms with E-state index < -0.39 is 17.6 Å². The molecule has 0 rings (SSSR count). The SMILES string of the molecule is CN(C)C(C)(C)C#CC(=O)SCC(N)C(=O)O. The normalized spacial score (nSPS) is 12.8. The number of rotatable bonds is 4. The van der Waals surface area contributed by atoms with Crippen molar-refractivity contribution in [3.05, 3.63) is 0 Å². The zero-order chi connectivity index (χ0) is 13.6. The Morgan fingerprint density at radius 1 is 1.47 bits per heavy atom. The minimum Gasteiger partial charge on any atom is -0.480 e. The van der Waals surface area contributed by atoms with E-state index in [-0.39, 0.29) is 10.9 Å². The van der Waals surface area contributed by atoms with E-state index in [4.69, 9.17) is 10.8 Å². The fourth-order valence-electron chi connectivity index (χ4n) is 0.589. The molecule has 0 spiro atoms. The lowest BCUT2D eigenvalue weighted by Gasteiger charge is -2.26. The van der Waals surface area contributed by atoms with Gasteiger partial charge in [0.05, 0.1) is 5.54 Å². The lowest BCUT2D eigenvalue weighted by molar-refractivity contribution is -0.137. The molecule has 5 nitrogen and oxygen atoms in total. The summed E-state index contributed by atoms with van der Waals surface area (Å²) in [7, 11) is 3.74. The van der Waals surface area contributed by atoms with Gasteiger partial charge in [0.15, 0.2) is 0 Å². The van der Waals surface area contributed by atoms with Crippen molar-refractivity contribution in [3.63, 3.8) is 0 Å². The predicted molar refractivity (Wildman–Crippen MR) is 68.6 cm³/mol. The van der Waals surface area contributed by atoms with Crippen LogP contribution in [0.1, 0.15) is 13.8 Å². The maximum absolute atomic E-state index is 11.4. The van der Waals surface area contributed by atoms with Crippen molar-refractivity contribution in [2.45, 2.75) is 25.4 Å². The van der Waals surface area contributed by atoms with Crippen molar-refractivity contribution in [1.82, 2.24) is 4.90 Å². The second-order valence-electron chi connectivity index (χ2n) is 4.25. The third kappa shape index (κ3) is 6.31. The minimum absolute atomic E-state index is 0.0330. The lowest BCUT2D eigenvalue weighted by atomic mass is 10.1. The maximum atomic E-state index is 11.4. The zero-order valence-electron chi connectivity index (χ0n) is 10.5. The highest BCUT2D eigenvalue weighted by molar-refractivity contribution is 8.14. The number of carboxylic acids is 1. The Kier molecular flexibility index (Phi) is 6.24. The molecule has 17 heavy (non-hydrogen) atoms. The number of nitrogens with zero attached hydrogens (tertiary/aromatic N) is 1. The second kappa shape index (κ2) is 6.64. The van der Waals surface area contributed by atoms with Crippen LogP contribution in [0.25, 0.3) is 0 Å². The van der Waals surface area contributed by atoms with Crippen LogP contribution in [0.2, 0.25) is 0 Å². The summed E-state index contributed by atoms with van der Waals surface area (Å²) in [4.78, 5) is 23.7. The van der Waals surface area contributed by atoms with Gasteiger partial charge in [0.25, 0.3) is 5.12 Å². The van der Waals surface area contributed by atoms with Gasteiger partial charge in [-0.05, 0) is 33.9 Å². The number of hydrogen-bond acceptors (Lipinski definition) is 5. The Balaban J connectivity index is 4.29. The van der Waals surface area contributed by atoms with Crippen LogP contribution in [0, 0.1) is 11.8 Å². The third-order valence-corrected chi connectivity index (χ3v) is 3.19. The fraction of sp³-hybridized carbons (Fsp3) is 0.636. The molecule has 1 unspecified atom stereocenters. The Labute approximate surface area is 106 Å². The smallest absolute Gasteiger partial charge is 0.321 e.